The van der Waals surface area contributed by atoms with Gasteiger partial charge in [0.15, 0.2) is 0 Å². The van der Waals surface area contributed by atoms with E-state index in [2.05, 4.69) is 0 Å². The smallest absolute Gasteiger partial charge is 0.309 e. The molecule has 0 aliphatic heterocycles. The predicted molar refractivity (Wildman–Crippen MR) is 70.9 cm³/mol. The van der Waals surface area contributed by atoms with Crippen molar-refractivity contribution in [2.45, 2.75) is 39.0 Å². The van der Waals surface area contributed by atoms with Crippen molar-refractivity contribution in [2.24, 2.45) is 17.3 Å². The first kappa shape index (κ1) is 16.9. The summed E-state index contributed by atoms with van der Waals surface area (Å²) in [4.78, 5) is 23.2. The monoisotopic (exact) mass is 288 g/mol. The second kappa shape index (κ2) is 7.59. The molecule has 1 saturated carbocycles. The Bertz CT molecular complexity index is 328. The van der Waals surface area contributed by atoms with E-state index < -0.39 is 29.2 Å². The van der Waals surface area contributed by atoms with E-state index in [0.717, 1.165) is 12.8 Å². The average molecular weight is 288 g/mol. The van der Waals surface area contributed by atoms with Crippen LogP contribution in [0.15, 0.2) is 0 Å². The minimum atomic E-state index is -0.960. The lowest BCUT2D eigenvalue weighted by Gasteiger charge is -2.31. The Morgan fingerprint density at radius 1 is 1.15 bits per heavy atom. The Morgan fingerprint density at radius 2 is 1.70 bits per heavy atom. The number of aliphatic hydroxyl groups excluding tert-OH is 2. The van der Waals surface area contributed by atoms with Gasteiger partial charge in [-0.15, -0.1) is 0 Å². The van der Waals surface area contributed by atoms with E-state index in [4.69, 9.17) is 9.84 Å². The van der Waals surface area contributed by atoms with Crippen LogP contribution in [0.25, 0.3) is 0 Å². The van der Waals surface area contributed by atoms with Gasteiger partial charge in [-0.2, -0.15) is 0 Å². The van der Waals surface area contributed by atoms with Crippen LogP contribution in [0.5, 0.6) is 0 Å². The molecule has 0 amide bonds. The zero-order valence-electron chi connectivity index (χ0n) is 11.9. The van der Waals surface area contributed by atoms with Gasteiger partial charge in [-0.1, -0.05) is 19.8 Å². The summed E-state index contributed by atoms with van der Waals surface area (Å²) < 4.78 is 5.18. The molecule has 1 aliphatic rings. The number of rotatable bonds is 7. The van der Waals surface area contributed by atoms with E-state index in [1.807, 2.05) is 0 Å². The molecule has 0 heterocycles. The number of aliphatic carboxylic acids is 1. The number of ether oxygens (including phenoxy) is 1. The summed E-state index contributed by atoms with van der Waals surface area (Å²) in [7, 11) is 0. The third kappa shape index (κ3) is 3.93. The zero-order valence-corrected chi connectivity index (χ0v) is 11.9. The SMILES string of the molecule is CCC(CO)(CO)COC(=O)C1CCCCC1C(=O)O. The molecule has 1 fully saturated rings. The maximum atomic E-state index is 12.1. The second-order valence-corrected chi connectivity index (χ2v) is 5.61. The summed E-state index contributed by atoms with van der Waals surface area (Å²) in [5, 5.41) is 27.7. The quantitative estimate of drug-likeness (QED) is 0.599. The van der Waals surface area contributed by atoms with E-state index in [1.54, 1.807) is 6.92 Å². The molecule has 0 bridgehead atoms. The van der Waals surface area contributed by atoms with Crippen molar-refractivity contribution in [3.05, 3.63) is 0 Å². The van der Waals surface area contributed by atoms with Crippen LogP contribution in [0.1, 0.15) is 39.0 Å². The summed E-state index contributed by atoms with van der Waals surface area (Å²) in [5.74, 6) is -2.79. The van der Waals surface area contributed by atoms with E-state index in [0.29, 0.717) is 19.3 Å². The topological polar surface area (TPSA) is 104 Å². The number of hydrogen-bond donors (Lipinski definition) is 3. The molecule has 116 valence electrons. The number of aliphatic hydroxyl groups is 2. The summed E-state index contributed by atoms with van der Waals surface area (Å²) in [6.45, 7) is 1.15. The molecule has 1 aliphatic carbocycles. The van der Waals surface area contributed by atoms with Crippen LogP contribution in [0.2, 0.25) is 0 Å². The van der Waals surface area contributed by atoms with E-state index in [-0.39, 0.29) is 19.8 Å². The highest BCUT2D eigenvalue weighted by Crippen LogP contribution is 2.32. The van der Waals surface area contributed by atoms with Crippen LogP contribution in [-0.2, 0) is 14.3 Å². The van der Waals surface area contributed by atoms with Gasteiger partial charge < -0.3 is 20.1 Å². The van der Waals surface area contributed by atoms with Crippen molar-refractivity contribution in [1.82, 2.24) is 0 Å². The molecule has 0 spiro atoms. The first-order valence-electron chi connectivity index (χ1n) is 7.11. The van der Waals surface area contributed by atoms with E-state index in [9.17, 15) is 19.8 Å². The van der Waals surface area contributed by atoms with Crippen LogP contribution in [0, 0.1) is 17.3 Å². The molecule has 6 nitrogen and oxygen atoms in total. The molecule has 20 heavy (non-hydrogen) atoms. The Hall–Kier alpha value is -1.14. The Kier molecular flexibility index (Phi) is 6.42. The van der Waals surface area contributed by atoms with Crippen LogP contribution in [-0.4, -0.2) is 47.1 Å². The Morgan fingerprint density at radius 3 is 2.15 bits per heavy atom. The second-order valence-electron chi connectivity index (χ2n) is 5.61. The molecule has 0 radical (unpaired) electrons. The summed E-state index contributed by atoms with van der Waals surface area (Å²) in [6.07, 6.45) is 3.12. The summed E-state index contributed by atoms with van der Waals surface area (Å²) >= 11 is 0. The number of carbonyl (C=O) groups excluding carboxylic acids is 1. The van der Waals surface area contributed by atoms with Crippen LogP contribution in [0.3, 0.4) is 0 Å². The third-order valence-electron chi connectivity index (χ3n) is 4.33. The molecule has 3 N–H and O–H groups in total. The van der Waals surface area contributed by atoms with Gasteiger partial charge in [0.1, 0.15) is 6.61 Å². The van der Waals surface area contributed by atoms with Crippen molar-refractivity contribution in [1.29, 1.82) is 0 Å². The standard InChI is InChI=1S/C14H24O6/c1-2-14(7-15,8-16)9-20-13(19)11-6-4-3-5-10(11)12(17)18/h10-11,15-16H,2-9H2,1H3,(H,17,18). The first-order valence-corrected chi connectivity index (χ1v) is 7.11. The normalized spacial score (nSPS) is 23.4. The van der Waals surface area contributed by atoms with Crippen LogP contribution >= 0.6 is 0 Å². The minimum Gasteiger partial charge on any atom is -0.481 e. The van der Waals surface area contributed by atoms with Gasteiger partial charge in [0.05, 0.1) is 30.5 Å². The van der Waals surface area contributed by atoms with Gasteiger partial charge in [0.25, 0.3) is 0 Å². The highest BCUT2D eigenvalue weighted by Gasteiger charge is 2.38. The highest BCUT2D eigenvalue weighted by atomic mass is 16.5. The maximum absolute atomic E-state index is 12.1. The molecule has 0 aromatic rings. The molecule has 2 atom stereocenters. The molecular formula is C14H24O6. The molecule has 0 saturated heterocycles. The lowest BCUT2D eigenvalue weighted by Crippen LogP contribution is -2.39. The molecule has 2 unspecified atom stereocenters. The van der Waals surface area contributed by atoms with E-state index in [1.165, 1.54) is 0 Å². The van der Waals surface area contributed by atoms with Gasteiger partial charge in [-0.05, 0) is 19.3 Å². The maximum Gasteiger partial charge on any atom is 0.309 e. The van der Waals surface area contributed by atoms with Crippen molar-refractivity contribution in [3.8, 4) is 0 Å². The Labute approximate surface area is 118 Å². The first-order chi connectivity index (χ1) is 9.49. The van der Waals surface area contributed by atoms with Gasteiger partial charge in [-0.25, -0.2) is 0 Å². The number of carboxylic acid groups (broad SMARTS) is 1. The molecule has 6 heteroatoms. The lowest BCUT2D eigenvalue weighted by molar-refractivity contribution is -0.164. The molecule has 0 aromatic heterocycles. The highest BCUT2D eigenvalue weighted by molar-refractivity contribution is 5.81. The van der Waals surface area contributed by atoms with Crippen LogP contribution in [0.4, 0.5) is 0 Å². The Balaban J connectivity index is 2.62. The predicted octanol–water partition coefficient (Wildman–Crippen LogP) is 0.802. The van der Waals surface area contributed by atoms with E-state index >= 15 is 0 Å². The zero-order chi connectivity index (χ0) is 15.2. The molecule has 0 aromatic carbocycles. The van der Waals surface area contributed by atoms with Crippen molar-refractivity contribution in [2.75, 3.05) is 19.8 Å². The fourth-order valence-electron chi connectivity index (χ4n) is 2.51. The van der Waals surface area contributed by atoms with Gasteiger partial charge in [0.2, 0.25) is 0 Å². The third-order valence-corrected chi connectivity index (χ3v) is 4.33. The van der Waals surface area contributed by atoms with Crippen LogP contribution < -0.4 is 0 Å². The van der Waals surface area contributed by atoms with Crippen molar-refractivity contribution < 1.29 is 29.6 Å². The number of hydrogen-bond acceptors (Lipinski definition) is 5. The van der Waals surface area contributed by atoms with Gasteiger partial charge in [0, 0.05) is 0 Å². The number of esters is 1. The van der Waals surface area contributed by atoms with Crippen molar-refractivity contribution >= 4 is 11.9 Å². The lowest BCUT2D eigenvalue weighted by atomic mass is 9.79. The largest absolute Gasteiger partial charge is 0.481 e. The molecular weight excluding hydrogens is 264 g/mol. The fraction of sp³-hybridized carbons (Fsp3) is 0.857. The molecule has 1 rings (SSSR count). The summed E-state index contributed by atoms with van der Waals surface area (Å²) in [5.41, 5.74) is -0.844. The summed E-state index contributed by atoms with van der Waals surface area (Å²) in [6, 6.07) is 0. The van der Waals surface area contributed by atoms with Crippen molar-refractivity contribution in [3.63, 3.8) is 0 Å². The minimum absolute atomic E-state index is 0.0851. The average Bonchev–Trinajstić information content (AvgIpc) is 2.49. The van der Waals surface area contributed by atoms with Gasteiger partial charge in [-0.3, -0.25) is 9.59 Å². The van der Waals surface area contributed by atoms with Gasteiger partial charge >= 0.3 is 11.9 Å². The number of carbonyl (C=O) groups is 2. The number of carboxylic acids is 1. The fourth-order valence-corrected chi connectivity index (χ4v) is 2.51.